The zero-order chi connectivity index (χ0) is 20.5. The number of sulfonamides is 1. The highest BCUT2D eigenvalue weighted by Crippen LogP contribution is 2.46. The monoisotopic (exact) mass is 434 g/mol. The lowest BCUT2D eigenvalue weighted by atomic mass is 9.72. The average molecular weight is 435 g/mol. The minimum absolute atomic E-state index is 0.0674. The third-order valence-electron chi connectivity index (χ3n) is 6.07. The van der Waals surface area contributed by atoms with Crippen LogP contribution in [-0.2, 0) is 26.1 Å². The van der Waals surface area contributed by atoms with Gasteiger partial charge in [-0.05, 0) is 48.9 Å². The van der Waals surface area contributed by atoms with E-state index in [1.165, 1.54) is 4.31 Å². The molecule has 156 valence electrons. The molecule has 3 heterocycles. The van der Waals surface area contributed by atoms with Gasteiger partial charge in [-0.3, -0.25) is 4.79 Å². The molecule has 1 N–H and O–H groups in total. The second-order valence-corrected chi connectivity index (χ2v) is 10.9. The van der Waals surface area contributed by atoms with Gasteiger partial charge in [0.2, 0.25) is 15.9 Å². The largest absolute Gasteiger partial charge is 0.381 e. The Kier molecular flexibility index (Phi) is 5.79. The Balaban J connectivity index is 1.57. The maximum Gasteiger partial charge on any atom is 0.243 e. The standard InChI is InChI=1S/C21H26N2O4S2/c1-16-4-2-6-18(12-16)29(25,26)23-14-19(21(15-23)7-9-27-10-8-21)20(24)22-13-17-5-3-11-28-17/h2-6,11-12,19H,7-10,13-15H2,1H3,(H,22,24)/t19-/m0/s1. The fraction of sp³-hybridized carbons (Fsp3) is 0.476. The molecule has 1 aromatic heterocycles. The molecule has 0 saturated carbocycles. The van der Waals surface area contributed by atoms with Crippen molar-refractivity contribution in [1.82, 2.24) is 9.62 Å². The van der Waals surface area contributed by atoms with Crippen LogP contribution in [0.5, 0.6) is 0 Å². The summed E-state index contributed by atoms with van der Waals surface area (Å²) in [5.41, 5.74) is 0.533. The van der Waals surface area contributed by atoms with E-state index < -0.39 is 10.0 Å². The summed E-state index contributed by atoms with van der Waals surface area (Å²) < 4.78 is 33.6. The molecule has 0 radical (unpaired) electrons. The van der Waals surface area contributed by atoms with E-state index in [0.29, 0.717) is 44.0 Å². The number of thiophene rings is 1. The zero-order valence-electron chi connectivity index (χ0n) is 16.5. The molecular formula is C21H26N2O4S2. The molecule has 6 nitrogen and oxygen atoms in total. The van der Waals surface area contributed by atoms with Crippen LogP contribution >= 0.6 is 11.3 Å². The Morgan fingerprint density at radius 1 is 1.28 bits per heavy atom. The Labute approximate surface area is 175 Å². The molecule has 1 amide bonds. The smallest absolute Gasteiger partial charge is 0.243 e. The lowest BCUT2D eigenvalue weighted by molar-refractivity contribution is -0.130. The van der Waals surface area contributed by atoms with Crippen LogP contribution < -0.4 is 5.32 Å². The number of carbonyl (C=O) groups is 1. The van der Waals surface area contributed by atoms with Crippen LogP contribution in [0.3, 0.4) is 0 Å². The number of rotatable bonds is 5. The second kappa shape index (κ2) is 8.18. The lowest BCUT2D eigenvalue weighted by Gasteiger charge is -2.37. The van der Waals surface area contributed by atoms with Gasteiger partial charge in [-0.25, -0.2) is 8.42 Å². The maximum absolute atomic E-state index is 13.3. The number of hydrogen-bond acceptors (Lipinski definition) is 5. The van der Waals surface area contributed by atoms with Crippen molar-refractivity contribution < 1.29 is 17.9 Å². The van der Waals surface area contributed by atoms with Crippen LogP contribution in [0.25, 0.3) is 0 Å². The number of aryl methyl sites for hydroxylation is 1. The molecule has 0 unspecified atom stereocenters. The molecule has 0 aliphatic carbocycles. The summed E-state index contributed by atoms with van der Waals surface area (Å²) in [6, 6.07) is 10.9. The molecule has 1 aromatic carbocycles. The van der Waals surface area contributed by atoms with Gasteiger partial charge in [-0.1, -0.05) is 18.2 Å². The van der Waals surface area contributed by atoms with Crippen LogP contribution in [-0.4, -0.2) is 44.9 Å². The minimum Gasteiger partial charge on any atom is -0.381 e. The van der Waals surface area contributed by atoms with Crippen molar-refractivity contribution >= 4 is 27.3 Å². The average Bonchev–Trinajstić information content (AvgIpc) is 3.35. The third kappa shape index (κ3) is 4.12. The first-order valence-corrected chi connectivity index (χ1v) is 12.2. The highest BCUT2D eigenvalue weighted by molar-refractivity contribution is 7.89. The summed E-state index contributed by atoms with van der Waals surface area (Å²) in [4.78, 5) is 14.5. The molecule has 2 aromatic rings. The van der Waals surface area contributed by atoms with Crippen molar-refractivity contribution in [3.05, 3.63) is 52.2 Å². The van der Waals surface area contributed by atoms with E-state index in [0.717, 1.165) is 10.4 Å². The molecule has 0 bridgehead atoms. The minimum atomic E-state index is -3.65. The van der Waals surface area contributed by atoms with Gasteiger partial charge in [0.1, 0.15) is 0 Å². The van der Waals surface area contributed by atoms with Crippen molar-refractivity contribution in [2.75, 3.05) is 26.3 Å². The topological polar surface area (TPSA) is 75.7 Å². The zero-order valence-corrected chi connectivity index (χ0v) is 18.1. The number of ether oxygens (including phenoxy) is 1. The second-order valence-electron chi connectivity index (χ2n) is 7.94. The van der Waals surface area contributed by atoms with Crippen molar-refractivity contribution in [2.45, 2.75) is 31.2 Å². The van der Waals surface area contributed by atoms with Crippen LogP contribution in [0.15, 0.2) is 46.7 Å². The van der Waals surface area contributed by atoms with Gasteiger partial charge in [0.25, 0.3) is 0 Å². The number of hydrogen-bond donors (Lipinski definition) is 1. The summed E-state index contributed by atoms with van der Waals surface area (Å²) in [6.45, 7) is 4.06. The van der Waals surface area contributed by atoms with E-state index in [1.54, 1.807) is 29.5 Å². The van der Waals surface area contributed by atoms with Crippen LogP contribution in [0.4, 0.5) is 0 Å². The van der Waals surface area contributed by atoms with Crippen LogP contribution in [0.2, 0.25) is 0 Å². The molecule has 4 rings (SSSR count). The predicted octanol–water partition coefficient (Wildman–Crippen LogP) is 2.79. The molecular weight excluding hydrogens is 408 g/mol. The normalized spacial score (nSPS) is 22.0. The number of amides is 1. The summed E-state index contributed by atoms with van der Waals surface area (Å²) >= 11 is 1.60. The summed E-state index contributed by atoms with van der Waals surface area (Å²) in [6.07, 6.45) is 1.40. The number of nitrogens with one attached hydrogen (secondary N) is 1. The molecule has 1 atom stereocenters. The van der Waals surface area contributed by atoms with Crippen molar-refractivity contribution in [3.63, 3.8) is 0 Å². The molecule has 2 aliphatic heterocycles. The molecule has 2 fully saturated rings. The van der Waals surface area contributed by atoms with E-state index >= 15 is 0 Å². The van der Waals surface area contributed by atoms with E-state index in [-0.39, 0.29) is 23.8 Å². The van der Waals surface area contributed by atoms with E-state index in [2.05, 4.69) is 5.32 Å². The quantitative estimate of drug-likeness (QED) is 0.785. The molecule has 2 aliphatic rings. The molecule has 8 heteroatoms. The van der Waals surface area contributed by atoms with Crippen LogP contribution in [0, 0.1) is 18.3 Å². The van der Waals surface area contributed by atoms with Gasteiger partial charge >= 0.3 is 0 Å². The highest BCUT2D eigenvalue weighted by Gasteiger charge is 2.53. The lowest BCUT2D eigenvalue weighted by Crippen LogP contribution is -2.44. The van der Waals surface area contributed by atoms with Gasteiger partial charge in [0.15, 0.2) is 0 Å². The maximum atomic E-state index is 13.3. The predicted molar refractivity (Wildman–Crippen MR) is 112 cm³/mol. The number of nitrogens with zero attached hydrogens (tertiary/aromatic N) is 1. The van der Waals surface area contributed by atoms with Crippen LogP contribution in [0.1, 0.15) is 23.3 Å². The van der Waals surface area contributed by atoms with Gasteiger partial charge in [-0.15, -0.1) is 11.3 Å². The fourth-order valence-electron chi connectivity index (χ4n) is 4.39. The van der Waals surface area contributed by atoms with E-state index in [1.807, 2.05) is 30.5 Å². The third-order valence-corrected chi connectivity index (χ3v) is 8.75. The Morgan fingerprint density at radius 3 is 2.76 bits per heavy atom. The molecule has 29 heavy (non-hydrogen) atoms. The molecule has 1 spiro atoms. The highest BCUT2D eigenvalue weighted by atomic mass is 32.2. The first kappa shape index (κ1) is 20.5. The Bertz CT molecular complexity index is 966. The van der Waals surface area contributed by atoms with Crippen molar-refractivity contribution in [2.24, 2.45) is 11.3 Å². The molecule has 2 saturated heterocycles. The fourth-order valence-corrected chi connectivity index (χ4v) is 6.69. The van der Waals surface area contributed by atoms with Gasteiger partial charge in [0.05, 0.1) is 17.4 Å². The summed E-state index contributed by atoms with van der Waals surface area (Å²) in [5.74, 6) is -0.437. The van der Waals surface area contributed by atoms with E-state index in [9.17, 15) is 13.2 Å². The Hall–Kier alpha value is -1.74. The Morgan fingerprint density at radius 2 is 2.07 bits per heavy atom. The first-order valence-electron chi connectivity index (χ1n) is 9.85. The van der Waals surface area contributed by atoms with Crippen molar-refractivity contribution in [1.29, 1.82) is 0 Å². The summed E-state index contributed by atoms with van der Waals surface area (Å²) in [7, 11) is -3.65. The van der Waals surface area contributed by atoms with E-state index in [4.69, 9.17) is 4.74 Å². The summed E-state index contributed by atoms with van der Waals surface area (Å²) in [5, 5.41) is 5.01. The SMILES string of the molecule is Cc1cccc(S(=O)(=O)N2C[C@@H](C(=O)NCc3cccs3)C3(CCOCC3)C2)c1. The van der Waals surface area contributed by atoms with Crippen molar-refractivity contribution in [3.8, 4) is 0 Å². The van der Waals surface area contributed by atoms with Gasteiger partial charge in [-0.2, -0.15) is 4.31 Å². The van der Waals surface area contributed by atoms with Gasteiger partial charge in [0, 0.05) is 36.6 Å². The number of carbonyl (C=O) groups excluding carboxylic acids is 1. The first-order chi connectivity index (χ1) is 13.9. The van der Waals surface area contributed by atoms with Gasteiger partial charge < -0.3 is 10.1 Å². The number of benzene rings is 1.